The highest BCUT2D eigenvalue weighted by molar-refractivity contribution is 5.39. The summed E-state index contributed by atoms with van der Waals surface area (Å²) in [5.74, 6) is 0.903. The predicted molar refractivity (Wildman–Crippen MR) is 91.7 cm³/mol. The molecule has 1 atom stereocenters. The summed E-state index contributed by atoms with van der Waals surface area (Å²) in [5.41, 5.74) is 0.944. The van der Waals surface area contributed by atoms with E-state index in [-0.39, 0.29) is 11.6 Å². The molecule has 3 rings (SSSR count). The number of halogens is 1. The first-order valence-corrected chi connectivity index (χ1v) is 8.22. The average molecular weight is 330 g/mol. The minimum atomic E-state index is -0.314. The summed E-state index contributed by atoms with van der Waals surface area (Å²) in [6, 6.07) is 9.47. The molecule has 1 aliphatic heterocycles. The molecule has 0 unspecified atom stereocenters. The number of anilines is 1. The van der Waals surface area contributed by atoms with Crippen LogP contribution < -0.4 is 9.64 Å². The van der Waals surface area contributed by atoms with Gasteiger partial charge in [0.05, 0.1) is 7.11 Å². The van der Waals surface area contributed by atoms with Crippen LogP contribution in [-0.4, -0.2) is 48.4 Å². The zero-order chi connectivity index (χ0) is 16.9. The third-order valence-electron chi connectivity index (χ3n) is 4.42. The van der Waals surface area contributed by atoms with Gasteiger partial charge in [-0.2, -0.15) is 5.10 Å². The molecule has 5 nitrogen and oxygen atoms in total. The standard InChI is InChI=1S/C18H23FN4O/c1-22(12-14-7-8-17(24-2)16(19)11-14)13-15-5-4-10-23(15)18-6-3-9-20-21-18/h3,6-9,11,15H,4-5,10,12-13H2,1-2H3/t15-/m1/s1. The monoisotopic (exact) mass is 330 g/mol. The quantitative estimate of drug-likeness (QED) is 0.815. The van der Waals surface area contributed by atoms with Crippen molar-refractivity contribution in [2.45, 2.75) is 25.4 Å². The largest absolute Gasteiger partial charge is 0.494 e. The molecule has 0 amide bonds. The van der Waals surface area contributed by atoms with Crippen LogP contribution >= 0.6 is 0 Å². The lowest BCUT2D eigenvalue weighted by atomic mass is 10.1. The van der Waals surface area contributed by atoms with E-state index in [1.54, 1.807) is 18.3 Å². The number of benzene rings is 1. The summed E-state index contributed by atoms with van der Waals surface area (Å²) in [6.07, 6.45) is 3.99. The lowest BCUT2D eigenvalue weighted by Crippen LogP contribution is -2.39. The van der Waals surface area contributed by atoms with Gasteiger partial charge in [0.1, 0.15) is 0 Å². The summed E-state index contributed by atoms with van der Waals surface area (Å²) in [7, 11) is 3.54. The van der Waals surface area contributed by atoms with E-state index in [2.05, 4.69) is 27.0 Å². The van der Waals surface area contributed by atoms with E-state index < -0.39 is 0 Å². The first-order valence-electron chi connectivity index (χ1n) is 8.22. The van der Waals surface area contributed by atoms with Gasteiger partial charge in [-0.3, -0.25) is 0 Å². The Bertz CT molecular complexity index is 667. The Kier molecular flexibility index (Phi) is 5.25. The van der Waals surface area contributed by atoms with Crippen LogP contribution in [0.2, 0.25) is 0 Å². The normalized spacial score (nSPS) is 17.5. The molecule has 1 aromatic carbocycles. The number of likely N-dealkylation sites (N-methyl/N-ethyl adjacent to an activating group) is 1. The molecule has 1 saturated heterocycles. The minimum absolute atomic E-state index is 0.283. The summed E-state index contributed by atoms with van der Waals surface area (Å²) < 4.78 is 18.8. The Balaban J connectivity index is 1.62. The van der Waals surface area contributed by atoms with Crippen molar-refractivity contribution in [3.63, 3.8) is 0 Å². The van der Waals surface area contributed by atoms with Crippen molar-refractivity contribution >= 4 is 5.82 Å². The molecular formula is C18H23FN4O. The molecular weight excluding hydrogens is 307 g/mol. The lowest BCUT2D eigenvalue weighted by Gasteiger charge is -2.29. The predicted octanol–water partition coefficient (Wildman–Crippen LogP) is 2.73. The number of hydrogen-bond donors (Lipinski definition) is 0. The van der Waals surface area contributed by atoms with Crippen LogP contribution in [0.25, 0.3) is 0 Å². The molecule has 0 N–H and O–H groups in total. The smallest absolute Gasteiger partial charge is 0.165 e. The summed E-state index contributed by atoms with van der Waals surface area (Å²) in [4.78, 5) is 4.54. The first-order chi connectivity index (χ1) is 11.7. The van der Waals surface area contributed by atoms with E-state index in [1.807, 2.05) is 18.2 Å². The van der Waals surface area contributed by atoms with Crippen LogP contribution in [0.15, 0.2) is 36.5 Å². The second-order valence-corrected chi connectivity index (χ2v) is 6.24. The van der Waals surface area contributed by atoms with Crippen molar-refractivity contribution in [1.82, 2.24) is 15.1 Å². The van der Waals surface area contributed by atoms with Crippen molar-refractivity contribution in [1.29, 1.82) is 0 Å². The van der Waals surface area contributed by atoms with E-state index in [4.69, 9.17) is 4.74 Å². The average Bonchev–Trinajstić information content (AvgIpc) is 3.04. The van der Waals surface area contributed by atoms with Crippen molar-refractivity contribution in [3.05, 3.63) is 47.9 Å². The topological polar surface area (TPSA) is 41.5 Å². The number of rotatable bonds is 6. The minimum Gasteiger partial charge on any atom is -0.494 e. The molecule has 1 fully saturated rings. The van der Waals surface area contributed by atoms with E-state index in [0.717, 1.165) is 37.3 Å². The number of aromatic nitrogens is 2. The molecule has 1 aromatic heterocycles. The van der Waals surface area contributed by atoms with Crippen molar-refractivity contribution in [3.8, 4) is 5.75 Å². The Morgan fingerprint density at radius 1 is 1.38 bits per heavy atom. The number of nitrogens with zero attached hydrogens (tertiary/aromatic N) is 4. The third-order valence-corrected chi connectivity index (χ3v) is 4.42. The molecule has 0 radical (unpaired) electrons. The summed E-state index contributed by atoms with van der Waals surface area (Å²) in [5, 5.41) is 8.20. The Hall–Kier alpha value is -2.21. The van der Waals surface area contributed by atoms with Gasteiger partial charge in [-0.05, 0) is 49.7 Å². The molecule has 0 aliphatic carbocycles. The number of methoxy groups -OCH3 is 1. The SMILES string of the molecule is COc1ccc(CN(C)C[C@H]2CCCN2c2cccnn2)cc1F. The zero-order valence-electron chi connectivity index (χ0n) is 14.2. The van der Waals surface area contributed by atoms with Crippen LogP contribution in [-0.2, 0) is 6.54 Å². The summed E-state index contributed by atoms with van der Waals surface area (Å²) in [6.45, 7) is 2.62. The van der Waals surface area contributed by atoms with Crippen LogP contribution in [0.1, 0.15) is 18.4 Å². The molecule has 6 heteroatoms. The van der Waals surface area contributed by atoms with Gasteiger partial charge in [0.2, 0.25) is 0 Å². The second-order valence-electron chi connectivity index (χ2n) is 6.24. The second kappa shape index (κ2) is 7.57. The molecule has 2 aromatic rings. The fraction of sp³-hybridized carbons (Fsp3) is 0.444. The Morgan fingerprint density at radius 2 is 2.25 bits per heavy atom. The van der Waals surface area contributed by atoms with Crippen LogP contribution in [0, 0.1) is 5.82 Å². The van der Waals surface area contributed by atoms with Gasteiger partial charge in [-0.15, -0.1) is 5.10 Å². The molecule has 0 saturated carbocycles. The molecule has 1 aliphatic rings. The highest BCUT2D eigenvalue weighted by atomic mass is 19.1. The highest BCUT2D eigenvalue weighted by Gasteiger charge is 2.26. The van der Waals surface area contributed by atoms with Crippen molar-refractivity contribution in [2.75, 3.05) is 32.1 Å². The summed E-state index contributed by atoms with van der Waals surface area (Å²) >= 11 is 0. The highest BCUT2D eigenvalue weighted by Crippen LogP contribution is 2.24. The van der Waals surface area contributed by atoms with Gasteiger partial charge in [-0.1, -0.05) is 6.07 Å². The van der Waals surface area contributed by atoms with Gasteiger partial charge in [0, 0.05) is 31.9 Å². The van der Waals surface area contributed by atoms with Crippen molar-refractivity contribution in [2.24, 2.45) is 0 Å². The maximum Gasteiger partial charge on any atom is 0.165 e. The van der Waals surface area contributed by atoms with E-state index in [0.29, 0.717) is 12.6 Å². The molecule has 24 heavy (non-hydrogen) atoms. The Morgan fingerprint density at radius 3 is 2.96 bits per heavy atom. The van der Waals surface area contributed by atoms with Gasteiger partial charge in [-0.25, -0.2) is 4.39 Å². The van der Waals surface area contributed by atoms with Gasteiger partial charge in [0.15, 0.2) is 17.4 Å². The van der Waals surface area contributed by atoms with E-state index in [9.17, 15) is 4.39 Å². The van der Waals surface area contributed by atoms with Gasteiger partial charge in [0.25, 0.3) is 0 Å². The third kappa shape index (κ3) is 3.82. The number of ether oxygens (including phenoxy) is 1. The lowest BCUT2D eigenvalue weighted by molar-refractivity contribution is 0.302. The zero-order valence-corrected chi connectivity index (χ0v) is 14.2. The van der Waals surface area contributed by atoms with E-state index >= 15 is 0 Å². The first kappa shape index (κ1) is 16.6. The van der Waals surface area contributed by atoms with Gasteiger partial charge >= 0.3 is 0 Å². The molecule has 0 bridgehead atoms. The van der Waals surface area contributed by atoms with Crippen LogP contribution in [0.3, 0.4) is 0 Å². The molecule has 2 heterocycles. The van der Waals surface area contributed by atoms with Gasteiger partial charge < -0.3 is 14.5 Å². The fourth-order valence-electron chi connectivity index (χ4n) is 3.32. The maximum absolute atomic E-state index is 13.8. The van der Waals surface area contributed by atoms with Crippen LogP contribution in [0.5, 0.6) is 5.75 Å². The molecule has 0 spiro atoms. The maximum atomic E-state index is 13.8. The van der Waals surface area contributed by atoms with Crippen LogP contribution in [0.4, 0.5) is 10.2 Å². The van der Waals surface area contributed by atoms with E-state index in [1.165, 1.54) is 7.11 Å². The van der Waals surface area contributed by atoms with Crippen molar-refractivity contribution < 1.29 is 9.13 Å². The molecule has 128 valence electrons. The Labute approximate surface area is 142 Å². The number of hydrogen-bond acceptors (Lipinski definition) is 5. The fourth-order valence-corrected chi connectivity index (χ4v) is 3.32.